The van der Waals surface area contributed by atoms with Gasteiger partial charge in [0.1, 0.15) is 6.67 Å². The van der Waals surface area contributed by atoms with Gasteiger partial charge in [0.15, 0.2) is 0 Å². The molecule has 1 N–H and O–H groups in total. The van der Waals surface area contributed by atoms with Crippen molar-refractivity contribution in [2.75, 3.05) is 6.67 Å². The van der Waals surface area contributed by atoms with Crippen molar-refractivity contribution >= 4 is 0 Å². The van der Waals surface area contributed by atoms with Gasteiger partial charge in [-0.2, -0.15) is 0 Å². The maximum Gasteiger partial charge on any atom is 0.116 e. The molecule has 0 amide bonds. The summed E-state index contributed by atoms with van der Waals surface area (Å²) < 4.78 is 18.7. The Morgan fingerprint density at radius 2 is 1.72 bits per heavy atom. The quantitative estimate of drug-likeness (QED) is 0.677. The molecule has 0 heterocycles. The molecule has 110 valence electrons. The minimum atomic E-state index is -0.924. The molecule has 3 heteroatoms. The Bertz CT molecular complexity index is 227. The summed E-state index contributed by atoms with van der Waals surface area (Å²) in [6.45, 7) is 11.4. The zero-order valence-corrected chi connectivity index (χ0v) is 12.9. The average Bonchev–Trinajstić information content (AvgIpc) is 2.25. The molecule has 2 nitrogen and oxygen atoms in total. The summed E-state index contributed by atoms with van der Waals surface area (Å²) in [5.41, 5.74) is -0.807. The Balaban J connectivity index is 4.53. The maximum atomic E-state index is 12.6. The van der Waals surface area contributed by atoms with Gasteiger partial charge in [-0.15, -0.1) is 0 Å². The van der Waals surface area contributed by atoms with Crippen molar-refractivity contribution in [1.82, 2.24) is 0 Å². The third-order valence-corrected chi connectivity index (χ3v) is 3.48. The van der Waals surface area contributed by atoms with E-state index in [0.29, 0.717) is 6.42 Å². The monoisotopic (exact) mass is 262 g/mol. The van der Waals surface area contributed by atoms with Gasteiger partial charge in [0.25, 0.3) is 0 Å². The summed E-state index contributed by atoms with van der Waals surface area (Å²) >= 11 is 0. The van der Waals surface area contributed by atoms with Gasteiger partial charge in [0.05, 0.1) is 17.8 Å². The Morgan fingerprint density at radius 3 is 2.11 bits per heavy atom. The molecule has 0 spiro atoms. The molecule has 0 bridgehead atoms. The Kier molecular flexibility index (Phi) is 7.38. The largest absolute Gasteiger partial charge is 0.390 e. The van der Waals surface area contributed by atoms with Gasteiger partial charge in [-0.25, -0.2) is 4.39 Å². The first-order valence-electron chi connectivity index (χ1n) is 7.10. The molecule has 1 unspecified atom stereocenters. The van der Waals surface area contributed by atoms with Crippen molar-refractivity contribution in [3.63, 3.8) is 0 Å². The molecule has 0 aromatic rings. The topological polar surface area (TPSA) is 29.5 Å². The van der Waals surface area contributed by atoms with Crippen molar-refractivity contribution < 1.29 is 14.2 Å². The molecule has 0 saturated carbocycles. The smallest absolute Gasteiger partial charge is 0.116 e. The lowest BCUT2D eigenvalue weighted by Crippen LogP contribution is -2.41. The van der Waals surface area contributed by atoms with Crippen LogP contribution in [0.4, 0.5) is 4.39 Å². The number of alkyl halides is 1. The van der Waals surface area contributed by atoms with Crippen LogP contribution in [-0.4, -0.2) is 29.6 Å². The predicted molar refractivity (Wildman–Crippen MR) is 74.5 cm³/mol. The molecular weight excluding hydrogens is 231 g/mol. The number of aliphatic hydroxyl groups excluding tert-OH is 1. The van der Waals surface area contributed by atoms with E-state index < -0.39 is 18.2 Å². The number of hydrogen-bond donors (Lipinski definition) is 1. The van der Waals surface area contributed by atoms with Gasteiger partial charge in [0.2, 0.25) is 0 Å². The van der Waals surface area contributed by atoms with Gasteiger partial charge in [-0.3, -0.25) is 0 Å². The summed E-state index contributed by atoms with van der Waals surface area (Å²) in [4.78, 5) is 0. The van der Waals surface area contributed by atoms with Crippen LogP contribution in [0.15, 0.2) is 0 Å². The van der Waals surface area contributed by atoms with E-state index in [1.807, 2.05) is 27.7 Å². The van der Waals surface area contributed by atoms with E-state index in [9.17, 15) is 9.50 Å². The molecule has 2 atom stereocenters. The third kappa shape index (κ3) is 6.14. The first kappa shape index (κ1) is 17.8. The third-order valence-electron chi connectivity index (χ3n) is 3.48. The van der Waals surface area contributed by atoms with Gasteiger partial charge < -0.3 is 9.84 Å². The van der Waals surface area contributed by atoms with E-state index in [2.05, 4.69) is 13.8 Å². The summed E-state index contributed by atoms with van der Waals surface area (Å²) in [5, 5.41) is 9.71. The van der Waals surface area contributed by atoms with Gasteiger partial charge in [-0.1, -0.05) is 34.1 Å². The average molecular weight is 262 g/mol. The van der Waals surface area contributed by atoms with Crippen molar-refractivity contribution in [2.45, 2.75) is 85.0 Å². The van der Waals surface area contributed by atoms with E-state index in [0.717, 1.165) is 19.3 Å². The fourth-order valence-electron chi connectivity index (χ4n) is 2.59. The highest BCUT2D eigenvalue weighted by atomic mass is 19.1. The Hall–Kier alpha value is -0.150. The van der Waals surface area contributed by atoms with Gasteiger partial charge >= 0.3 is 0 Å². The van der Waals surface area contributed by atoms with Crippen LogP contribution in [0.5, 0.6) is 0 Å². The number of halogens is 1. The second-order valence-electron chi connectivity index (χ2n) is 6.53. The summed E-state index contributed by atoms with van der Waals surface area (Å²) in [6.07, 6.45) is 3.11. The van der Waals surface area contributed by atoms with Crippen LogP contribution in [0.3, 0.4) is 0 Å². The first-order chi connectivity index (χ1) is 8.18. The molecule has 0 aliphatic carbocycles. The summed E-state index contributed by atoms with van der Waals surface area (Å²) in [7, 11) is 0. The van der Waals surface area contributed by atoms with Crippen molar-refractivity contribution in [3.05, 3.63) is 0 Å². The molecule has 0 aliphatic heterocycles. The molecular formula is C15H31FO2. The van der Waals surface area contributed by atoms with Crippen LogP contribution >= 0.6 is 0 Å². The number of rotatable bonds is 9. The Morgan fingerprint density at radius 1 is 1.17 bits per heavy atom. The SMILES string of the molecule is CCCC(CC)OC(C)(C)CC(C)(C)[C@H](O)CF. The van der Waals surface area contributed by atoms with Crippen molar-refractivity contribution in [3.8, 4) is 0 Å². The van der Waals surface area contributed by atoms with E-state index >= 15 is 0 Å². The van der Waals surface area contributed by atoms with Crippen LogP contribution in [0.2, 0.25) is 0 Å². The van der Waals surface area contributed by atoms with Gasteiger partial charge in [-0.05, 0) is 38.5 Å². The van der Waals surface area contributed by atoms with Crippen LogP contribution in [0.1, 0.15) is 67.2 Å². The van der Waals surface area contributed by atoms with Crippen LogP contribution in [-0.2, 0) is 4.74 Å². The summed E-state index contributed by atoms with van der Waals surface area (Å²) in [5.74, 6) is 0. The molecule has 0 fully saturated rings. The molecule has 0 rings (SSSR count). The predicted octanol–water partition coefficient (Wildman–Crippen LogP) is 4.11. The normalized spacial score (nSPS) is 16.7. The van der Waals surface area contributed by atoms with E-state index in [4.69, 9.17) is 4.74 Å². The fraction of sp³-hybridized carbons (Fsp3) is 1.00. The highest BCUT2D eigenvalue weighted by Crippen LogP contribution is 2.34. The zero-order valence-electron chi connectivity index (χ0n) is 12.9. The lowest BCUT2D eigenvalue weighted by molar-refractivity contribution is -0.113. The Labute approximate surface area is 112 Å². The second kappa shape index (κ2) is 7.44. The van der Waals surface area contributed by atoms with Crippen LogP contribution in [0, 0.1) is 5.41 Å². The van der Waals surface area contributed by atoms with Crippen molar-refractivity contribution in [2.24, 2.45) is 5.41 Å². The number of hydrogen-bond acceptors (Lipinski definition) is 2. The molecule has 0 radical (unpaired) electrons. The minimum Gasteiger partial charge on any atom is -0.390 e. The van der Waals surface area contributed by atoms with E-state index in [-0.39, 0.29) is 11.7 Å². The van der Waals surface area contributed by atoms with E-state index in [1.54, 1.807) is 0 Å². The number of ether oxygens (including phenoxy) is 1. The van der Waals surface area contributed by atoms with Crippen LogP contribution < -0.4 is 0 Å². The summed E-state index contributed by atoms with van der Waals surface area (Å²) in [6, 6.07) is 0. The molecule has 0 saturated heterocycles. The highest BCUT2D eigenvalue weighted by molar-refractivity contribution is 4.86. The van der Waals surface area contributed by atoms with Crippen molar-refractivity contribution in [1.29, 1.82) is 0 Å². The molecule has 0 aliphatic rings. The first-order valence-corrected chi connectivity index (χ1v) is 7.10. The molecule has 0 aromatic heterocycles. The zero-order chi connectivity index (χ0) is 14.4. The fourth-order valence-corrected chi connectivity index (χ4v) is 2.59. The van der Waals surface area contributed by atoms with E-state index in [1.165, 1.54) is 0 Å². The van der Waals surface area contributed by atoms with Gasteiger partial charge in [0, 0.05) is 0 Å². The molecule has 18 heavy (non-hydrogen) atoms. The number of aliphatic hydroxyl groups is 1. The highest BCUT2D eigenvalue weighted by Gasteiger charge is 2.36. The minimum absolute atomic E-state index is 0.253. The molecule has 0 aromatic carbocycles. The lowest BCUT2D eigenvalue weighted by atomic mass is 9.77. The second-order valence-corrected chi connectivity index (χ2v) is 6.53. The standard InChI is InChI=1S/C15H31FO2/c1-7-9-12(8-2)18-15(5,6)11-14(3,4)13(17)10-16/h12-13,17H,7-11H2,1-6H3/t12?,13-/m1/s1. The lowest BCUT2D eigenvalue weighted by Gasteiger charge is -2.39. The maximum absolute atomic E-state index is 12.6. The van der Waals surface area contributed by atoms with Crippen LogP contribution in [0.25, 0.3) is 0 Å².